The minimum Gasteiger partial charge on any atom is -0.477 e. The van der Waals surface area contributed by atoms with Crippen molar-refractivity contribution >= 4 is 27.7 Å². The summed E-state index contributed by atoms with van der Waals surface area (Å²) in [4.78, 5) is 25.5. The van der Waals surface area contributed by atoms with Gasteiger partial charge in [0.25, 0.3) is 0 Å². The van der Waals surface area contributed by atoms with E-state index in [1.54, 1.807) is 12.1 Å². The number of aromatic amines is 1. The normalized spacial score (nSPS) is 10.3. The van der Waals surface area contributed by atoms with Gasteiger partial charge in [0.05, 0.1) is 0 Å². The van der Waals surface area contributed by atoms with Crippen LogP contribution in [0.1, 0.15) is 32.0 Å². The third kappa shape index (κ3) is 2.22. The molecule has 1 aromatic heterocycles. The lowest BCUT2D eigenvalue weighted by Gasteiger charge is -2.04. The Morgan fingerprint density at radius 2 is 2.06 bits per heavy atom. The van der Waals surface area contributed by atoms with Gasteiger partial charge >= 0.3 is 5.97 Å². The van der Waals surface area contributed by atoms with Crippen LogP contribution in [0.4, 0.5) is 0 Å². The Bertz CT molecular complexity index is 631. The number of nitrogens with one attached hydrogen (secondary N) is 1. The summed E-state index contributed by atoms with van der Waals surface area (Å²) in [7, 11) is 0. The molecule has 2 rings (SSSR count). The zero-order chi connectivity index (χ0) is 13.3. The Hall–Kier alpha value is -1.88. The smallest absolute Gasteiger partial charge is 0.352 e. The maximum absolute atomic E-state index is 12.2. The molecular weight excluding hydrogens is 298 g/mol. The second kappa shape index (κ2) is 4.78. The molecule has 0 aliphatic carbocycles. The van der Waals surface area contributed by atoms with Gasteiger partial charge < -0.3 is 10.1 Å². The van der Waals surface area contributed by atoms with Gasteiger partial charge in [-0.2, -0.15) is 0 Å². The van der Waals surface area contributed by atoms with Gasteiger partial charge in [0.15, 0.2) is 5.78 Å². The number of H-pyrrole nitrogens is 1. The molecule has 5 heteroatoms. The Morgan fingerprint density at radius 3 is 2.67 bits per heavy atom. The maximum Gasteiger partial charge on any atom is 0.352 e. The van der Waals surface area contributed by atoms with Gasteiger partial charge in [0, 0.05) is 21.8 Å². The minimum absolute atomic E-state index is 0.00556. The van der Waals surface area contributed by atoms with Crippen molar-refractivity contribution in [3.8, 4) is 0 Å². The van der Waals surface area contributed by atoms with Crippen molar-refractivity contribution in [2.24, 2.45) is 0 Å². The zero-order valence-electron chi connectivity index (χ0n) is 9.53. The highest BCUT2D eigenvalue weighted by atomic mass is 79.9. The second-order valence-electron chi connectivity index (χ2n) is 3.85. The number of aromatic carboxylic acids is 1. The van der Waals surface area contributed by atoms with Crippen molar-refractivity contribution in [3.63, 3.8) is 0 Å². The fourth-order valence-corrected chi connectivity index (χ4v) is 2.02. The Kier molecular flexibility index (Phi) is 3.34. The molecule has 0 saturated carbocycles. The molecule has 0 saturated heterocycles. The highest BCUT2D eigenvalue weighted by Crippen LogP contribution is 2.22. The molecule has 0 radical (unpaired) electrons. The molecule has 4 nitrogen and oxygen atoms in total. The molecule has 2 N–H and O–H groups in total. The van der Waals surface area contributed by atoms with Crippen molar-refractivity contribution in [2.45, 2.75) is 6.92 Å². The van der Waals surface area contributed by atoms with Crippen molar-refractivity contribution in [1.82, 2.24) is 4.98 Å². The monoisotopic (exact) mass is 307 g/mol. The van der Waals surface area contributed by atoms with E-state index in [9.17, 15) is 9.59 Å². The van der Waals surface area contributed by atoms with E-state index in [-0.39, 0.29) is 11.5 Å². The van der Waals surface area contributed by atoms with Gasteiger partial charge in [-0.15, -0.1) is 0 Å². The average molecular weight is 308 g/mol. The molecule has 1 heterocycles. The van der Waals surface area contributed by atoms with Crippen LogP contribution < -0.4 is 0 Å². The summed E-state index contributed by atoms with van der Waals surface area (Å²) < 4.78 is 0.849. The summed E-state index contributed by atoms with van der Waals surface area (Å²) in [6.45, 7) is 1.84. The standard InChI is InChI=1S/C13H10BrNO3/c1-7-9(3-2-4-10(7)14)12(16)8-5-11(13(17)18)15-6-8/h2-6,15H,1H3,(H,17,18). The summed E-state index contributed by atoms with van der Waals surface area (Å²) in [5, 5.41) is 8.80. The maximum atomic E-state index is 12.2. The van der Waals surface area contributed by atoms with Crippen molar-refractivity contribution in [3.05, 3.63) is 57.3 Å². The van der Waals surface area contributed by atoms with Crippen LogP contribution in [0.25, 0.3) is 0 Å². The van der Waals surface area contributed by atoms with Gasteiger partial charge in [-0.05, 0) is 24.6 Å². The molecule has 0 amide bonds. The van der Waals surface area contributed by atoms with Crippen LogP contribution in [0.15, 0.2) is 34.9 Å². The van der Waals surface area contributed by atoms with Crippen LogP contribution in [0.3, 0.4) is 0 Å². The van der Waals surface area contributed by atoms with Gasteiger partial charge in [0.2, 0.25) is 0 Å². The van der Waals surface area contributed by atoms with E-state index < -0.39 is 5.97 Å². The van der Waals surface area contributed by atoms with E-state index in [1.165, 1.54) is 12.3 Å². The van der Waals surface area contributed by atoms with E-state index >= 15 is 0 Å². The van der Waals surface area contributed by atoms with Gasteiger partial charge in [-0.1, -0.05) is 28.1 Å². The summed E-state index contributed by atoms with van der Waals surface area (Å²) in [5.41, 5.74) is 1.74. The van der Waals surface area contributed by atoms with Crippen molar-refractivity contribution in [2.75, 3.05) is 0 Å². The van der Waals surface area contributed by atoms with Crippen LogP contribution in [0.5, 0.6) is 0 Å². The summed E-state index contributed by atoms with van der Waals surface area (Å²) >= 11 is 3.36. The molecule has 2 aromatic rings. The molecular formula is C13H10BrNO3. The third-order valence-electron chi connectivity index (χ3n) is 2.69. The van der Waals surface area contributed by atoms with Gasteiger partial charge in [0.1, 0.15) is 5.69 Å². The van der Waals surface area contributed by atoms with Crippen LogP contribution in [0.2, 0.25) is 0 Å². The predicted molar refractivity (Wildman–Crippen MR) is 70.1 cm³/mol. The van der Waals surface area contributed by atoms with Gasteiger partial charge in [-0.3, -0.25) is 4.79 Å². The van der Waals surface area contributed by atoms with E-state index in [1.807, 2.05) is 13.0 Å². The molecule has 18 heavy (non-hydrogen) atoms. The number of hydrogen-bond acceptors (Lipinski definition) is 2. The molecule has 92 valence electrons. The number of carbonyl (C=O) groups is 2. The lowest BCUT2D eigenvalue weighted by Crippen LogP contribution is -2.03. The largest absolute Gasteiger partial charge is 0.477 e. The van der Waals surface area contributed by atoms with Gasteiger partial charge in [-0.25, -0.2) is 4.79 Å². The first kappa shape index (κ1) is 12.6. The highest BCUT2D eigenvalue weighted by Gasteiger charge is 2.16. The molecule has 0 spiro atoms. The van der Waals surface area contributed by atoms with Crippen LogP contribution in [-0.4, -0.2) is 21.8 Å². The quantitative estimate of drug-likeness (QED) is 0.856. The molecule has 0 aliphatic heterocycles. The molecule has 1 aromatic carbocycles. The summed E-state index contributed by atoms with van der Waals surface area (Å²) in [5.74, 6) is -1.28. The molecule has 0 atom stereocenters. The zero-order valence-corrected chi connectivity index (χ0v) is 11.1. The number of ketones is 1. The number of halogens is 1. The molecule has 0 fully saturated rings. The summed E-state index contributed by atoms with van der Waals surface area (Å²) in [6.07, 6.45) is 1.41. The summed E-state index contributed by atoms with van der Waals surface area (Å²) in [6, 6.07) is 6.68. The number of carbonyl (C=O) groups excluding carboxylic acids is 1. The molecule has 0 unspecified atom stereocenters. The van der Waals surface area contributed by atoms with E-state index in [2.05, 4.69) is 20.9 Å². The van der Waals surface area contributed by atoms with Crippen LogP contribution >= 0.6 is 15.9 Å². The number of hydrogen-bond donors (Lipinski definition) is 2. The van der Waals surface area contributed by atoms with E-state index in [0.717, 1.165) is 10.0 Å². The Labute approximate surface area is 112 Å². The first-order valence-corrected chi connectivity index (χ1v) is 6.01. The van der Waals surface area contributed by atoms with E-state index in [4.69, 9.17) is 5.11 Å². The second-order valence-corrected chi connectivity index (χ2v) is 4.70. The first-order chi connectivity index (χ1) is 8.50. The van der Waals surface area contributed by atoms with Crippen molar-refractivity contribution in [1.29, 1.82) is 0 Å². The SMILES string of the molecule is Cc1c(Br)cccc1C(=O)c1c[nH]c(C(=O)O)c1. The number of aromatic nitrogens is 1. The molecule has 0 bridgehead atoms. The number of carboxylic acid groups (broad SMARTS) is 1. The highest BCUT2D eigenvalue weighted by molar-refractivity contribution is 9.10. The van der Waals surface area contributed by atoms with Crippen LogP contribution in [0, 0.1) is 6.92 Å². The number of benzene rings is 1. The first-order valence-electron chi connectivity index (χ1n) is 5.22. The van der Waals surface area contributed by atoms with Crippen molar-refractivity contribution < 1.29 is 14.7 Å². The fraction of sp³-hybridized carbons (Fsp3) is 0.0769. The topological polar surface area (TPSA) is 70.2 Å². The lowest BCUT2D eigenvalue weighted by molar-refractivity contribution is 0.0691. The Morgan fingerprint density at radius 1 is 1.33 bits per heavy atom. The van der Waals surface area contributed by atoms with Crippen LogP contribution in [-0.2, 0) is 0 Å². The predicted octanol–water partition coefficient (Wildman–Crippen LogP) is 3.01. The number of carboxylic acids is 1. The fourth-order valence-electron chi connectivity index (χ4n) is 1.66. The lowest BCUT2D eigenvalue weighted by atomic mass is 10.0. The molecule has 0 aliphatic rings. The van der Waals surface area contributed by atoms with E-state index in [0.29, 0.717) is 11.1 Å². The Balaban J connectivity index is 2.41. The minimum atomic E-state index is -1.08. The average Bonchev–Trinajstić information content (AvgIpc) is 2.81. The third-order valence-corrected chi connectivity index (χ3v) is 3.55. The number of rotatable bonds is 3.